The predicted molar refractivity (Wildman–Crippen MR) is 85.7 cm³/mol. The summed E-state index contributed by atoms with van der Waals surface area (Å²) in [5, 5.41) is 10.6. The number of piperidine rings is 1. The molecule has 2 aliphatic rings. The van der Waals surface area contributed by atoms with Crippen molar-refractivity contribution in [2.75, 3.05) is 31.2 Å². The van der Waals surface area contributed by atoms with Crippen LogP contribution in [0.3, 0.4) is 0 Å². The van der Waals surface area contributed by atoms with Crippen molar-refractivity contribution in [3.63, 3.8) is 0 Å². The summed E-state index contributed by atoms with van der Waals surface area (Å²) in [6.45, 7) is 3.33. The minimum Gasteiger partial charge on any atom is -0.376 e. The largest absolute Gasteiger partial charge is 0.376 e. The van der Waals surface area contributed by atoms with E-state index in [4.69, 9.17) is 9.47 Å². The lowest BCUT2D eigenvalue weighted by Crippen LogP contribution is -2.38. The molecular formula is C16H23N3O4. The van der Waals surface area contributed by atoms with Gasteiger partial charge in [0.15, 0.2) is 6.20 Å². The van der Waals surface area contributed by atoms with E-state index in [2.05, 4.69) is 9.88 Å². The quantitative estimate of drug-likeness (QED) is 0.612. The number of ether oxygens (including phenoxy) is 2. The first-order valence-electron chi connectivity index (χ1n) is 8.31. The van der Waals surface area contributed by atoms with Crippen molar-refractivity contribution in [2.24, 2.45) is 0 Å². The van der Waals surface area contributed by atoms with Crippen LogP contribution >= 0.6 is 0 Å². The fourth-order valence-electron chi connectivity index (χ4n) is 3.14. The first-order chi connectivity index (χ1) is 11.2. The SMILES string of the molecule is O=[N+]([O-])c1ccc(N2CCC(OC[C@@H]3CCCCO3)CC2)cn1. The molecule has 2 fully saturated rings. The van der Waals surface area contributed by atoms with Gasteiger partial charge in [-0.05, 0) is 48.1 Å². The van der Waals surface area contributed by atoms with Crippen LogP contribution < -0.4 is 4.90 Å². The van der Waals surface area contributed by atoms with E-state index in [1.807, 2.05) is 0 Å². The zero-order valence-corrected chi connectivity index (χ0v) is 13.2. The van der Waals surface area contributed by atoms with Crippen molar-refractivity contribution >= 4 is 11.5 Å². The predicted octanol–water partition coefficient (Wildman–Crippen LogP) is 2.54. The van der Waals surface area contributed by atoms with Crippen molar-refractivity contribution in [3.05, 3.63) is 28.4 Å². The molecule has 0 saturated carbocycles. The lowest BCUT2D eigenvalue weighted by Gasteiger charge is -2.33. The van der Waals surface area contributed by atoms with E-state index in [0.717, 1.165) is 51.1 Å². The molecule has 2 saturated heterocycles. The molecule has 0 radical (unpaired) electrons. The first kappa shape index (κ1) is 16.1. The summed E-state index contributed by atoms with van der Waals surface area (Å²) in [5.74, 6) is -0.112. The Bertz CT molecular complexity index is 509. The van der Waals surface area contributed by atoms with E-state index >= 15 is 0 Å². The zero-order valence-electron chi connectivity index (χ0n) is 13.2. The van der Waals surface area contributed by atoms with E-state index in [0.29, 0.717) is 6.61 Å². The second kappa shape index (κ2) is 7.70. The van der Waals surface area contributed by atoms with Gasteiger partial charge in [0.25, 0.3) is 0 Å². The summed E-state index contributed by atoms with van der Waals surface area (Å²) in [6.07, 6.45) is 7.55. The molecule has 2 aliphatic heterocycles. The van der Waals surface area contributed by atoms with Crippen LogP contribution in [0.25, 0.3) is 0 Å². The van der Waals surface area contributed by atoms with Crippen LogP contribution in [0.5, 0.6) is 0 Å². The summed E-state index contributed by atoms with van der Waals surface area (Å²) in [5.41, 5.74) is 0.935. The van der Waals surface area contributed by atoms with Crippen LogP contribution in [0, 0.1) is 10.1 Å². The van der Waals surface area contributed by atoms with Gasteiger partial charge in [0, 0.05) is 25.8 Å². The van der Waals surface area contributed by atoms with Gasteiger partial charge in [-0.3, -0.25) is 0 Å². The molecule has 0 amide bonds. The number of rotatable bonds is 5. The number of anilines is 1. The van der Waals surface area contributed by atoms with Gasteiger partial charge in [-0.15, -0.1) is 0 Å². The molecule has 0 spiro atoms. The second-order valence-electron chi connectivity index (χ2n) is 6.14. The molecule has 7 heteroatoms. The molecule has 1 aromatic heterocycles. The fourth-order valence-corrected chi connectivity index (χ4v) is 3.14. The van der Waals surface area contributed by atoms with Crippen LogP contribution in [0.4, 0.5) is 11.5 Å². The zero-order chi connectivity index (χ0) is 16.1. The van der Waals surface area contributed by atoms with Crippen molar-refractivity contribution in [3.8, 4) is 0 Å². The third kappa shape index (κ3) is 4.39. The minimum absolute atomic E-state index is 0.112. The van der Waals surface area contributed by atoms with E-state index in [-0.39, 0.29) is 18.0 Å². The van der Waals surface area contributed by atoms with Crippen LogP contribution in [0.1, 0.15) is 32.1 Å². The summed E-state index contributed by atoms with van der Waals surface area (Å²) in [7, 11) is 0. The highest BCUT2D eigenvalue weighted by Gasteiger charge is 2.23. The lowest BCUT2D eigenvalue weighted by molar-refractivity contribution is -0.389. The number of aromatic nitrogens is 1. The fraction of sp³-hybridized carbons (Fsp3) is 0.688. The van der Waals surface area contributed by atoms with Crippen LogP contribution in [0.2, 0.25) is 0 Å². The normalized spacial score (nSPS) is 23.0. The summed E-state index contributed by atoms with van der Waals surface area (Å²) >= 11 is 0. The average Bonchev–Trinajstić information content (AvgIpc) is 2.61. The third-order valence-corrected chi connectivity index (χ3v) is 4.52. The lowest BCUT2D eigenvalue weighted by atomic mass is 10.1. The van der Waals surface area contributed by atoms with Gasteiger partial charge in [-0.2, -0.15) is 0 Å². The molecule has 0 bridgehead atoms. The second-order valence-corrected chi connectivity index (χ2v) is 6.14. The smallest absolute Gasteiger partial charge is 0.363 e. The minimum atomic E-state index is -0.475. The standard InChI is InChI=1S/C16H23N3O4/c20-19(21)16-5-4-13(11-17-16)18-8-6-14(7-9-18)23-12-15-3-1-2-10-22-15/h4-5,11,14-15H,1-3,6-10,12H2/t15-/m0/s1. The van der Waals surface area contributed by atoms with Gasteiger partial charge < -0.3 is 24.5 Å². The van der Waals surface area contributed by atoms with Gasteiger partial charge in [-0.25, -0.2) is 0 Å². The Hall–Kier alpha value is -1.73. The maximum absolute atomic E-state index is 10.6. The maximum Gasteiger partial charge on any atom is 0.363 e. The highest BCUT2D eigenvalue weighted by atomic mass is 16.6. The highest BCUT2D eigenvalue weighted by Crippen LogP contribution is 2.23. The summed E-state index contributed by atoms with van der Waals surface area (Å²) in [4.78, 5) is 16.2. The number of hydrogen-bond acceptors (Lipinski definition) is 6. The Morgan fingerprint density at radius 3 is 2.74 bits per heavy atom. The van der Waals surface area contributed by atoms with Crippen molar-refractivity contribution in [1.29, 1.82) is 0 Å². The van der Waals surface area contributed by atoms with Crippen molar-refractivity contribution < 1.29 is 14.4 Å². The molecule has 126 valence electrons. The Balaban J connectivity index is 1.43. The van der Waals surface area contributed by atoms with Crippen LogP contribution in [-0.4, -0.2) is 48.4 Å². The van der Waals surface area contributed by atoms with Crippen LogP contribution in [0.15, 0.2) is 18.3 Å². The Morgan fingerprint density at radius 2 is 2.13 bits per heavy atom. The van der Waals surface area contributed by atoms with E-state index < -0.39 is 4.92 Å². The monoisotopic (exact) mass is 321 g/mol. The Labute approximate surface area is 135 Å². The number of pyridine rings is 1. The van der Waals surface area contributed by atoms with Gasteiger partial charge in [0.2, 0.25) is 0 Å². The first-order valence-corrected chi connectivity index (χ1v) is 8.31. The summed E-state index contributed by atoms with van der Waals surface area (Å²) in [6, 6.07) is 3.22. The molecule has 3 heterocycles. The number of nitro groups is 1. The molecular weight excluding hydrogens is 298 g/mol. The van der Waals surface area contributed by atoms with Gasteiger partial charge in [0.05, 0.1) is 24.5 Å². The van der Waals surface area contributed by atoms with Gasteiger partial charge in [-0.1, -0.05) is 0 Å². The molecule has 23 heavy (non-hydrogen) atoms. The van der Waals surface area contributed by atoms with E-state index in [1.165, 1.54) is 12.5 Å². The molecule has 0 N–H and O–H groups in total. The number of hydrogen-bond donors (Lipinski definition) is 0. The van der Waals surface area contributed by atoms with Crippen molar-refractivity contribution in [1.82, 2.24) is 4.98 Å². The molecule has 1 atom stereocenters. The molecule has 0 unspecified atom stereocenters. The van der Waals surface area contributed by atoms with Crippen LogP contribution in [-0.2, 0) is 9.47 Å². The third-order valence-electron chi connectivity index (χ3n) is 4.52. The molecule has 0 aromatic carbocycles. The van der Waals surface area contributed by atoms with E-state index in [9.17, 15) is 10.1 Å². The van der Waals surface area contributed by atoms with E-state index in [1.54, 1.807) is 12.3 Å². The molecule has 7 nitrogen and oxygen atoms in total. The molecule has 3 rings (SSSR count). The Morgan fingerprint density at radius 1 is 1.30 bits per heavy atom. The maximum atomic E-state index is 10.6. The van der Waals surface area contributed by atoms with Gasteiger partial charge in [0.1, 0.15) is 0 Å². The topological polar surface area (TPSA) is 77.7 Å². The summed E-state index contributed by atoms with van der Waals surface area (Å²) < 4.78 is 11.7. The van der Waals surface area contributed by atoms with Gasteiger partial charge >= 0.3 is 5.82 Å². The average molecular weight is 321 g/mol. The molecule has 1 aromatic rings. The highest BCUT2D eigenvalue weighted by molar-refractivity contribution is 5.46. The number of nitrogens with zero attached hydrogens (tertiary/aromatic N) is 3. The Kier molecular flexibility index (Phi) is 5.40. The van der Waals surface area contributed by atoms with Crippen molar-refractivity contribution in [2.45, 2.75) is 44.3 Å². The molecule has 0 aliphatic carbocycles.